The van der Waals surface area contributed by atoms with E-state index in [2.05, 4.69) is 58.4 Å². The number of benzene rings is 2. The fourth-order valence-corrected chi connectivity index (χ4v) is 4.16. The van der Waals surface area contributed by atoms with Crippen molar-refractivity contribution in [1.82, 2.24) is 15.0 Å². The van der Waals surface area contributed by atoms with E-state index in [0.717, 1.165) is 49.6 Å². The molecule has 6 nitrogen and oxygen atoms in total. The zero-order valence-electron chi connectivity index (χ0n) is 17.9. The Balaban J connectivity index is 1.68. The molecule has 0 amide bonds. The van der Waals surface area contributed by atoms with Crippen LogP contribution in [0.3, 0.4) is 0 Å². The normalized spacial score (nSPS) is 16.3. The highest BCUT2D eigenvalue weighted by atomic mass is 16.5. The second-order valence-corrected chi connectivity index (χ2v) is 7.65. The Morgan fingerprint density at radius 2 is 1.87 bits per heavy atom. The number of nitrogens with zero attached hydrogens (tertiary/aromatic N) is 3. The van der Waals surface area contributed by atoms with Gasteiger partial charge in [-0.2, -0.15) is 4.98 Å². The lowest BCUT2D eigenvalue weighted by molar-refractivity contribution is 0.177. The molecule has 0 radical (unpaired) electrons. The van der Waals surface area contributed by atoms with E-state index in [9.17, 15) is 0 Å². The molecule has 2 aromatic carbocycles. The first-order valence-corrected chi connectivity index (χ1v) is 10.6. The Hall–Kier alpha value is -2.86. The molecular weight excluding hydrogens is 378 g/mol. The number of aryl methyl sites for hydroxylation is 1. The average molecular weight is 408 g/mol. The fourth-order valence-electron chi connectivity index (χ4n) is 4.16. The minimum absolute atomic E-state index is 0.0840. The average Bonchev–Trinajstić information content (AvgIpc) is 3.24. The summed E-state index contributed by atoms with van der Waals surface area (Å²) < 4.78 is 16.7. The van der Waals surface area contributed by atoms with Crippen molar-refractivity contribution in [1.29, 1.82) is 0 Å². The summed E-state index contributed by atoms with van der Waals surface area (Å²) in [6.07, 6.45) is 3.98. The molecule has 4 rings (SSSR count). The Kier molecular flexibility index (Phi) is 6.33. The Morgan fingerprint density at radius 3 is 2.60 bits per heavy atom. The van der Waals surface area contributed by atoms with E-state index in [1.54, 1.807) is 14.2 Å². The van der Waals surface area contributed by atoms with E-state index in [0.29, 0.717) is 12.4 Å². The molecule has 30 heavy (non-hydrogen) atoms. The first-order valence-electron chi connectivity index (χ1n) is 10.6. The molecule has 6 heteroatoms. The van der Waals surface area contributed by atoms with Crippen molar-refractivity contribution in [2.45, 2.75) is 45.2 Å². The van der Waals surface area contributed by atoms with E-state index in [-0.39, 0.29) is 6.04 Å². The summed E-state index contributed by atoms with van der Waals surface area (Å²) in [4.78, 5) is 7.03. The van der Waals surface area contributed by atoms with E-state index in [1.165, 1.54) is 16.7 Å². The predicted molar refractivity (Wildman–Crippen MR) is 115 cm³/mol. The molecule has 1 aliphatic rings. The monoisotopic (exact) mass is 407 g/mol. The van der Waals surface area contributed by atoms with Gasteiger partial charge in [-0.05, 0) is 41.7 Å². The molecule has 0 saturated carbocycles. The highest BCUT2D eigenvalue weighted by Crippen LogP contribution is 2.41. The minimum atomic E-state index is 0.0840. The van der Waals surface area contributed by atoms with Crippen LogP contribution in [-0.2, 0) is 19.4 Å². The smallest absolute Gasteiger partial charge is 0.240 e. The summed E-state index contributed by atoms with van der Waals surface area (Å²) in [6, 6.07) is 14.9. The number of rotatable bonds is 8. The van der Waals surface area contributed by atoms with Crippen LogP contribution in [0.4, 0.5) is 0 Å². The van der Waals surface area contributed by atoms with Crippen LogP contribution < -0.4 is 9.47 Å². The summed E-state index contributed by atoms with van der Waals surface area (Å²) in [5.41, 5.74) is 3.75. The van der Waals surface area contributed by atoms with Crippen LogP contribution in [0.1, 0.15) is 54.2 Å². The number of aromatic nitrogens is 2. The second kappa shape index (κ2) is 9.30. The highest BCUT2D eigenvalue weighted by molar-refractivity contribution is 5.51. The quantitative estimate of drug-likeness (QED) is 0.545. The molecule has 1 aromatic heterocycles. The number of hydrogen-bond acceptors (Lipinski definition) is 6. The summed E-state index contributed by atoms with van der Waals surface area (Å²) >= 11 is 0. The van der Waals surface area contributed by atoms with Crippen molar-refractivity contribution in [2.24, 2.45) is 0 Å². The Bertz CT molecular complexity index is 971. The first-order chi connectivity index (χ1) is 14.7. The molecule has 0 aliphatic carbocycles. The zero-order chi connectivity index (χ0) is 20.9. The third-order valence-corrected chi connectivity index (χ3v) is 5.69. The van der Waals surface area contributed by atoms with Gasteiger partial charge >= 0.3 is 0 Å². The van der Waals surface area contributed by atoms with Crippen LogP contribution in [0.15, 0.2) is 47.0 Å². The molecule has 0 spiro atoms. The van der Waals surface area contributed by atoms with Crippen LogP contribution in [-0.4, -0.2) is 35.8 Å². The Labute approximate surface area is 177 Å². The summed E-state index contributed by atoms with van der Waals surface area (Å²) in [5.74, 6) is 2.99. The number of unbranched alkanes of at least 4 members (excludes halogenated alkanes) is 1. The van der Waals surface area contributed by atoms with E-state index in [1.807, 2.05) is 6.07 Å². The molecule has 158 valence electrons. The van der Waals surface area contributed by atoms with Crippen LogP contribution in [0, 0.1) is 0 Å². The number of ether oxygens (including phenoxy) is 2. The lowest BCUT2D eigenvalue weighted by Gasteiger charge is -2.37. The van der Waals surface area contributed by atoms with Gasteiger partial charge in [-0.25, -0.2) is 0 Å². The molecule has 0 fully saturated rings. The van der Waals surface area contributed by atoms with Gasteiger partial charge in [-0.3, -0.25) is 4.90 Å². The summed E-state index contributed by atoms with van der Waals surface area (Å²) in [5, 5.41) is 4.16. The maximum Gasteiger partial charge on any atom is 0.240 e. The molecular formula is C24H29N3O3. The van der Waals surface area contributed by atoms with E-state index in [4.69, 9.17) is 14.0 Å². The molecule has 0 N–H and O–H groups in total. The molecule has 1 atom stereocenters. The van der Waals surface area contributed by atoms with Gasteiger partial charge in [0.05, 0.1) is 26.8 Å². The molecule has 2 heterocycles. The molecule has 0 saturated heterocycles. The van der Waals surface area contributed by atoms with Crippen LogP contribution in [0.25, 0.3) is 0 Å². The molecule has 1 aliphatic heterocycles. The third kappa shape index (κ3) is 4.19. The van der Waals surface area contributed by atoms with Crippen molar-refractivity contribution < 1.29 is 14.0 Å². The Morgan fingerprint density at radius 1 is 1.10 bits per heavy atom. The first kappa shape index (κ1) is 20.4. The summed E-state index contributed by atoms with van der Waals surface area (Å²) in [7, 11) is 3.36. The van der Waals surface area contributed by atoms with Crippen molar-refractivity contribution in [3.8, 4) is 11.5 Å². The largest absolute Gasteiger partial charge is 0.493 e. The lowest BCUT2D eigenvalue weighted by atomic mass is 9.87. The highest BCUT2D eigenvalue weighted by Gasteiger charge is 2.31. The van der Waals surface area contributed by atoms with Crippen molar-refractivity contribution in [3.63, 3.8) is 0 Å². The van der Waals surface area contributed by atoms with Gasteiger partial charge < -0.3 is 14.0 Å². The minimum Gasteiger partial charge on any atom is -0.493 e. The van der Waals surface area contributed by atoms with Gasteiger partial charge in [0.15, 0.2) is 17.3 Å². The molecule has 0 unspecified atom stereocenters. The van der Waals surface area contributed by atoms with Gasteiger partial charge in [0, 0.05) is 13.0 Å². The van der Waals surface area contributed by atoms with Crippen molar-refractivity contribution in [3.05, 3.63) is 70.9 Å². The van der Waals surface area contributed by atoms with Gasteiger partial charge in [-0.1, -0.05) is 48.8 Å². The van der Waals surface area contributed by atoms with Crippen LogP contribution in [0.5, 0.6) is 11.5 Å². The summed E-state index contributed by atoms with van der Waals surface area (Å²) in [6.45, 7) is 3.68. The maximum absolute atomic E-state index is 5.60. The van der Waals surface area contributed by atoms with Gasteiger partial charge in [0.1, 0.15) is 0 Å². The number of methoxy groups -OCH3 is 2. The standard InChI is InChI=1S/C24H29N3O3/c1-4-5-11-22-25-23(30-26-22)16-27-13-12-18-14-20(28-2)21(29-3)15-19(18)24(27)17-9-7-6-8-10-17/h6-10,14-15,24H,4-5,11-13,16H2,1-3H3/t24-/m0/s1. The van der Waals surface area contributed by atoms with Gasteiger partial charge in [0.2, 0.25) is 5.89 Å². The van der Waals surface area contributed by atoms with E-state index >= 15 is 0 Å². The van der Waals surface area contributed by atoms with Crippen molar-refractivity contribution >= 4 is 0 Å². The number of hydrogen-bond donors (Lipinski definition) is 0. The second-order valence-electron chi connectivity index (χ2n) is 7.65. The maximum atomic E-state index is 5.60. The third-order valence-electron chi connectivity index (χ3n) is 5.69. The molecule has 3 aromatic rings. The number of fused-ring (bicyclic) bond motifs is 1. The lowest BCUT2D eigenvalue weighted by Crippen LogP contribution is -2.35. The van der Waals surface area contributed by atoms with Crippen molar-refractivity contribution in [2.75, 3.05) is 20.8 Å². The zero-order valence-corrected chi connectivity index (χ0v) is 17.9. The van der Waals surface area contributed by atoms with Crippen LogP contribution >= 0.6 is 0 Å². The topological polar surface area (TPSA) is 60.6 Å². The van der Waals surface area contributed by atoms with Gasteiger partial charge in [-0.15, -0.1) is 0 Å². The fraction of sp³-hybridized carbons (Fsp3) is 0.417. The van der Waals surface area contributed by atoms with E-state index < -0.39 is 0 Å². The predicted octanol–water partition coefficient (Wildman–Crippen LogP) is 4.58. The van der Waals surface area contributed by atoms with Gasteiger partial charge in [0.25, 0.3) is 0 Å². The van der Waals surface area contributed by atoms with Crippen LogP contribution in [0.2, 0.25) is 0 Å². The molecule has 0 bridgehead atoms. The SMILES string of the molecule is CCCCc1noc(CN2CCc3cc(OC)c(OC)cc3[C@@H]2c2ccccc2)n1.